The number of hydrogen-bond donors (Lipinski definition) is 1. The zero-order valence-corrected chi connectivity index (χ0v) is 16.1. The molecule has 0 fully saturated rings. The van der Waals surface area contributed by atoms with Crippen molar-refractivity contribution in [3.63, 3.8) is 0 Å². The van der Waals surface area contributed by atoms with Crippen LogP contribution < -0.4 is 5.32 Å². The first-order valence-electron chi connectivity index (χ1n) is 8.88. The highest BCUT2D eigenvalue weighted by atomic mass is 19.1. The van der Waals surface area contributed by atoms with E-state index in [0.29, 0.717) is 5.01 Å². The number of para-hydroxylation sites is 2. The monoisotopic (exact) mass is 426 g/mol. The zero-order valence-electron chi connectivity index (χ0n) is 16.1. The number of nitrogens with zero attached hydrogens (tertiary/aromatic N) is 5. The average molecular weight is 426 g/mol. The van der Waals surface area contributed by atoms with E-state index >= 15 is 0 Å². The molecule has 3 amide bonds. The van der Waals surface area contributed by atoms with E-state index in [9.17, 15) is 28.9 Å². The second-order valence-corrected chi connectivity index (χ2v) is 6.35. The highest BCUT2D eigenvalue weighted by Crippen LogP contribution is 2.27. The first kappa shape index (κ1) is 21.4. The number of benzene rings is 2. The molecule has 0 bridgehead atoms. The number of anilines is 1. The van der Waals surface area contributed by atoms with Crippen molar-refractivity contribution in [2.45, 2.75) is 19.4 Å². The largest absolute Gasteiger partial charge is 0.323 e. The Kier molecular flexibility index (Phi) is 6.19. The third kappa shape index (κ3) is 4.80. The minimum absolute atomic E-state index is 0.0675. The van der Waals surface area contributed by atoms with Crippen LogP contribution in [0.2, 0.25) is 0 Å². The lowest BCUT2D eigenvalue weighted by Crippen LogP contribution is -2.36. The summed E-state index contributed by atoms with van der Waals surface area (Å²) in [6, 6.07) is 9.69. The molecule has 1 N–H and O–H groups in total. The van der Waals surface area contributed by atoms with Gasteiger partial charge in [-0.3, -0.25) is 24.5 Å². The van der Waals surface area contributed by atoms with Gasteiger partial charge in [0.15, 0.2) is 11.7 Å². The molecule has 2 aromatic rings. The quantitative estimate of drug-likeness (QED) is 0.326. The van der Waals surface area contributed by atoms with Crippen LogP contribution >= 0.6 is 0 Å². The van der Waals surface area contributed by atoms with E-state index in [4.69, 9.17) is 0 Å². The summed E-state index contributed by atoms with van der Waals surface area (Å²) in [5.41, 5.74) is -0.356. The smallest absolute Gasteiger partial charge is 0.296 e. The molecular formula is C19H15FN6O5. The molecule has 158 valence electrons. The van der Waals surface area contributed by atoms with Gasteiger partial charge >= 0.3 is 0 Å². The van der Waals surface area contributed by atoms with Crippen LogP contribution in [0, 0.1) is 15.9 Å². The fourth-order valence-electron chi connectivity index (χ4n) is 2.66. The number of azo groups is 1. The zero-order chi connectivity index (χ0) is 22.5. The Morgan fingerprint density at radius 3 is 2.61 bits per heavy atom. The van der Waals surface area contributed by atoms with Crippen LogP contribution in [0.3, 0.4) is 0 Å². The Morgan fingerprint density at radius 1 is 1.23 bits per heavy atom. The standard InChI is InChI=1S/C19H15FN6O5/c1-11-18(23-22-14-8-4-5-9-15(14)26(30)31)19(29)25(24-11)17(28)10-16(27)21-13-7-3-2-6-12(13)20/h2-9,18H,10H2,1H3,(H,21,27). The Labute approximate surface area is 174 Å². The van der Waals surface area contributed by atoms with E-state index in [0.717, 1.165) is 6.07 Å². The second kappa shape index (κ2) is 8.98. The Balaban J connectivity index is 1.68. The molecule has 0 spiro atoms. The summed E-state index contributed by atoms with van der Waals surface area (Å²) < 4.78 is 13.6. The molecule has 31 heavy (non-hydrogen) atoms. The molecule has 1 heterocycles. The highest BCUT2D eigenvalue weighted by Gasteiger charge is 2.38. The van der Waals surface area contributed by atoms with Crippen LogP contribution in [-0.2, 0) is 14.4 Å². The molecule has 0 radical (unpaired) electrons. The van der Waals surface area contributed by atoms with Crippen molar-refractivity contribution in [2.24, 2.45) is 15.3 Å². The van der Waals surface area contributed by atoms with Gasteiger partial charge in [-0.25, -0.2) is 4.39 Å². The first-order chi connectivity index (χ1) is 14.8. The topological polar surface area (TPSA) is 147 Å². The number of halogens is 1. The number of nitro benzene ring substituents is 1. The van der Waals surface area contributed by atoms with Gasteiger partial charge < -0.3 is 5.32 Å². The SMILES string of the molecule is CC1=NN(C(=O)CC(=O)Nc2ccccc2F)C(=O)C1N=Nc1ccccc1[N+](=O)[O-]. The number of carbonyl (C=O) groups is 3. The molecule has 1 atom stereocenters. The summed E-state index contributed by atoms with van der Waals surface area (Å²) in [4.78, 5) is 47.3. The Hall–Kier alpha value is -4.35. The van der Waals surface area contributed by atoms with Gasteiger partial charge in [0, 0.05) is 6.07 Å². The second-order valence-electron chi connectivity index (χ2n) is 6.35. The van der Waals surface area contributed by atoms with Gasteiger partial charge in [0.05, 0.1) is 16.3 Å². The molecule has 12 heteroatoms. The summed E-state index contributed by atoms with van der Waals surface area (Å²) >= 11 is 0. The fraction of sp³-hybridized carbons (Fsp3) is 0.158. The van der Waals surface area contributed by atoms with Crippen molar-refractivity contribution in [2.75, 3.05) is 5.32 Å². The molecule has 0 saturated heterocycles. The van der Waals surface area contributed by atoms with Crippen molar-refractivity contribution in [1.29, 1.82) is 0 Å². The summed E-state index contributed by atoms with van der Waals surface area (Å²) in [6.45, 7) is 1.42. The van der Waals surface area contributed by atoms with Crippen LogP contribution in [0.4, 0.5) is 21.5 Å². The molecule has 2 aromatic carbocycles. The van der Waals surface area contributed by atoms with Crippen LogP contribution in [-0.4, -0.2) is 39.4 Å². The summed E-state index contributed by atoms with van der Waals surface area (Å²) in [7, 11) is 0. The predicted octanol–water partition coefficient (Wildman–Crippen LogP) is 2.96. The molecule has 0 aliphatic carbocycles. The van der Waals surface area contributed by atoms with Crippen molar-refractivity contribution in [3.8, 4) is 0 Å². The summed E-state index contributed by atoms with van der Waals surface area (Å²) in [6.07, 6.45) is -0.759. The average Bonchev–Trinajstić information content (AvgIpc) is 3.02. The van der Waals surface area contributed by atoms with E-state index in [1.165, 1.54) is 49.4 Å². The summed E-state index contributed by atoms with van der Waals surface area (Å²) in [5.74, 6) is -3.31. The van der Waals surface area contributed by atoms with E-state index in [-0.39, 0.29) is 22.8 Å². The number of amides is 3. The normalized spacial score (nSPS) is 15.8. The number of nitrogens with one attached hydrogen (secondary N) is 1. The number of imide groups is 1. The fourth-order valence-corrected chi connectivity index (χ4v) is 2.66. The lowest BCUT2D eigenvalue weighted by molar-refractivity contribution is -0.384. The van der Waals surface area contributed by atoms with Gasteiger partial charge in [0.25, 0.3) is 17.5 Å². The molecule has 1 unspecified atom stereocenters. The Morgan fingerprint density at radius 2 is 1.90 bits per heavy atom. The number of rotatable bonds is 6. The lowest BCUT2D eigenvalue weighted by Gasteiger charge is -2.11. The van der Waals surface area contributed by atoms with E-state index in [2.05, 4.69) is 20.6 Å². The summed E-state index contributed by atoms with van der Waals surface area (Å²) in [5, 5.41) is 25.1. The molecule has 3 rings (SSSR count). The molecule has 0 saturated carbocycles. The maximum atomic E-state index is 13.6. The Bertz CT molecular complexity index is 1130. The van der Waals surface area contributed by atoms with E-state index in [1.54, 1.807) is 0 Å². The third-order valence-electron chi connectivity index (χ3n) is 4.15. The van der Waals surface area contributed by atoms with Crippen molar-refractivity contribution in [1.82, 2.24) is 5.01 Å². The number of nitro groups is 1. The third-order valence-corrected chi connectivity index (χ3v) is 4.15. The van der Waals surface area contributed by atoms with Gasteiger partial charge in [0.2, 0.25) is 5.91 Å². The van der Waals surface area contributed by atoms with Gasteiger partial charge in [-0.05, 0) is 25.1 Å². The van der Waals surface area contributed by atoms with E-state index < -0.39 is 40.9 Å². The number of carbonyl (C=O) groups excluding carboxylic acids is 3. The predicted molar refractivity (Wildman–Crippen MR) is 106 cm³/mol. The van der Waals surface area contributed by atoms with Crippen molar-refractivity contribution in [3.05, 3.63) is 64.5 Å². The maximum Gasteiger partial charge on any atom is 0.296 e. The van der Waals surface area contributed by atoms with Gasteiger partial charge in [-0.2, -0.15) is 15.2 Å². The molecule has 1 aliphatic rings. The number of hydrazone groups is 1. The van der Waals surface area contributed by atoms with Gasteiger partial charge in [-0.1, -0.05) is 24.3 Å². The van der Waals surface area contributed by atoms with E-state index in [1.807, 2.05) is 0 Å². The van der Waals surface area contributed by atoms with Crippen LogP contribution in [0.1, 0.15) is 13.3 Å². The van der Waals surface area contributed by atoms with Crippen molar-refractivity contribution >= 4 is 40.5 Å². The van der Waals surface area contributed by atoms with Crippen molar-refractivity contribution < 1.29 is 23.7 Å². The molecule has 1 aliphatic heterocycles. The number of hydrogen-bond acceptors (Lipinski definition) is 8. The maximum absolute atomic E-state index is 13.6. The minimum Gasteiger partial charge on any atom is -0.323 e. The first-order valence-corrected chi connectivity index (χ1v) is 8.88. The minimum atomic E-state index is -1.27. The molecular weight excluding hydrogens is 411 g/mol. The lowest BCUT2D eigenvalue weighted by atomic mass is 10.2. The van der Waals surface area contributed by atoms with Crippen LogP contribution in [0.25, 0.3) is 0 Å². The van der Waals surface area contributed by atoms with Crippen LogP contribution in [0.15, 0.2) is 63.9 Å². The molecule has 11 nitrogen and oxygen atoms in total. The van der Waals surface area contributed by atoms with Gasteiger partial charge in [-0.15, -0.1) is 5.11 Å². The van der Waals surface area contributed by atoms with Crippen LogP contribution in [0.5, 0.6) is 0 Å². The van der Waals surface area contributed by atoms with Gasteiger partial charge in [0.1, 0.15) is 12.2 Å². The molecule has 0 aromatic heterocycles. The highest BCUT2D eigenvalue weighted by molar-refractivity contribution is 6.18.